The van der Waals surface area contributed by atoms with Gasteiger partial charge in [-0.2, -0.15) is 0 Å². The van der Waals surface area contributed by atoms with Gasteiger partial charge in [0.25, 0.3) is 0 Å². The molecule has 1 atom stereocenters. The summed E-state index contributed by atoms with van der Waals surface area (Å²) in [5.74, 6) is -0.757. The van der Waals surface area contributed by atoms with E-state index < -0.39 is 12.0 Å². The van der Waals surface area contributed by atoms with Crippen molar-refractivity contribution < 1.29 is 9.90 Å². The maximum absolute atomic E-state index is 11.4. The number of fused-ring (bicyclic) bond motifs is 1. The van der Waals surface area contributed by atoms with Gasteiger partial charge in [-0.3, -0.25) is 5.43 Å². The van der Waals surface area contributed by atoms with Gasteiger partial charge in [0.15, 0.2) is 0 Å². The Hall–Kier alpha value is -3.22. The number of imidazole rings is 1. The maximum atomic E-state index is 11.4. The number of hydrogen-bond donors (Lipinski definition) is 2. The van der Waals surface area contributed by atoms with Crippen molar-refractivity contribution in [2.75, 3.05) is 16.9 Å². The molecule has 1 saturated heterocycles. The third-order valence-electron chi connectivity index (χ3n) is 5.23. The van der Waals surface area contributed by atoms with Gasteiger partial charge < -0.3 is 19.1 Å². The molecule has 0 saturated carbocycles. The summed E-state index contributed by atoms with van der Waals surface area (Å²) in [5.41, 5.74) is 7.93. The lowest BCUT2D eigenvalue weighted by atomic mass is 10.2. The standard InChI is InChI=1S/C20H23N5O2/c1-23-16-6-3-4-7-17(16)24(2)20(23)22-21-14-9-11-15(12-10-14)25-13-5-8-18(25)19(26)27/h3-4,6-7,9-12,18,21H,5,8,13H2,1-2H3,(H,26,27). The van der Waals surface area contributed by atoms with Crippen LogP contribution in [0.15, 0.2) is 53.6 Å². The number of carboxylic acid groups (broad SMARTS) is 1. The van der Waals surface area contributed by atoms with Gasteiger partial charge in [0, 0.05) is 26.3 Å². The number of aromatic nitrogens is 2. The van der Waals surface area contributed by atoms with Gasteiger partial charge in [0.2, 0.25) is 5.62 Å². The van der Waals surface area contributed by atoms with Gasteiger partial charge in [-0.25, -0.2) is 4.79 Å². The molecular weight excluding hydrogens is 342 g/mol. The lowest BCUT2D eigenvalue weighted by molar-refractivity contribution is -0.138. The highest BCUT2D eigenvalue weighted by Gasteiger charge is 2.30. The SMILES string of the molecule is Cn1c(=NNc2ccc(N3CCCC3C(=O)O)cc2)n(C)c2ccccc21. The molecule has 1 aromatic heterocycles. The summed E-state index contributed by atoms with van der Waals surface area (Å²) in [6.45, 7) is 0.778. The highest BCUT2D eigenvalue weighted by molar-refractivity contribution is 5.79. The van der Waals surface area contributed by atoms with Crippen LogP contribution in [0.5, 0.6) is 0 Å². The average Bonchev–Trinajstić information content (AvgIpc) is 3.26. The molecule has 4 rings (SSSR count). The lowest BCUT2D eigenvalue weighted by Crippen LogP contribution is -2.35. The van der Waals surface area contributed by atoms with E-state index in [4.69, 9.17) is 0 Å². The van der Waals surface area contributed by atoms with Gasteiger partial charge >= 0.3 is 5.97 Å². The molecule has 0 bridgehead atoms. The quantitative estimate of drug-likeness (QED) is 0.697. The van der Waals surface area contributed by atoms with E-state index in [-0.39, 0.29) is 0 Å². The van der Waals surface area contributed by atoms with Crippen LogP contribution >= 0.6 is 0 Å². The summed E-state index contributed by atoms with van der Waals surface area (Å²) < 4.78 is 4.08. The third-order valence-corrected chi connectivity index (χ3v) is 5.23. The van der Waals surface area contributed by atoms with Gasteiger partial charge in [0.1, 0.15) is 6.04 Å². The third kappa shape index (κ3) is 3.05. The van der Waals surface area contributed by atoms with Crippen molar-refractivity contribution in [2.24, 2.45) is 19.2 Å². The van der Waals surface area contributed by atoms with Gasteiger partial charge in [-0.15, -0.1) is 5.10 Å². The molecule has 1 fully saturated rings. The van der Waals surface area contributed by atoms with Gasteiger partial charge in [0.05, 0.1) is 16.7 Å². The molecule has 0 aliphatic carbocycles. The number of nitrogens with zero attached hydrogens (tertiary/aromatic N) is 4. The number of hydrogen-bond acceptors (Lipinski definition) is 4. The number of para-hydroxylation sites is 2. The maximum Gasteiger partial charge on any atom is 0.326 e. The molecule has 1 unspecified atom stereocenters. The first kappa shape index (κ1) is 17.2. The molecule has 7 heteroatoms. The highest BCUT2D eigenvalue weighted by atomic mass is 16.4. The fraction of sp³-hybridized carbons (Fsp3) is 0.300. The van der Waals surface area contributed by atoms with Gasteiger partial charge in [-0.1, -0.05) is 12.1 Å². The van der Waals surface area contributed by atoms with Crippen LogP contribution in [0.2, 0.25) is 0 Å². The predicted molar refractivity (Wildman–Crippen MR) is 106 cm³/mol. The fourth-order valence-corrected chi connectivity index (χ4v) is 3.80. The number of aliphatic carboxylic acids is 1. The van der Waals surface area contributed by atoms with E-state index in [1.54, 1.807) is 0 Å². The second-order valence-electron chi connectivity index (χ2n) is 6.87. The molecule has 1 aliphatic heterocycles. The predicted octanol–water partition coefficient (Wildman–Crippen LogP) is 2.50. The molecule has 27 heavy (non-hydrogen) atoms. The van der Waals surface area contributed by atoms with Crippen LogP contribution in [0.3, 0.4) is 0 Å². The van der Waals surface area contributed by atoms with Crippen molar-refractivity contribution >= 4 is 28.4 Å². The van der Waals surface area contributed by atoms with Crippen LogP contribution < -0.4 is 15.9 Å². The van der Waals surface area contributed by atoms with Crippen LogP contribution in [-0.4, -0.2) is 32.8 Å². The van der Waals surface area contributed by atoms with Crippen molar-refractivity contribution in [1.82, 2.24) is 9.13 Å². The molecule has 2 heterocycles. The molecule has 7 nitrogen and oxygen atoms in total. The first-order valence-electron chi connectivity index (χ1n) is 9.06. The first-order chi connectivity index (χ1) is 13.1. The number of aryl methyl sites for hydroxylation is 2. The molecule has 1 aliphatic rings. The minimum Gasteiger partial charge on any atom is -0.480 e. The topological polar surface area (TPSA) is 74.8 Å². The fourth-order valence-electron chi connectivity index (χ4n) is 3.80. The molecule has 0 spiro atoms. The van der Waals surface area contributed by atoms with E-state index in [0.29, 0.717) is 6.42 Å². The minimum absolute atomic E-state index is 0.427. The monoisotopic (exact) mass is 365 g/mol. The molecular formula is C20H23N5O2. The number of benzene rings is 2. The first-order valence-corrected chi connectivity index (χ1v) is 9.06. The largest absolute Gasteiger partial charge is 0.480 e. The van der Waals surface area contributed by atoms with Gasteiger partial charge in [-0.05, 0) is 49.2 Å². The van der Waals surface area contributed by atoms with Crippen LogP contribution in [0, 0.1) is 0 Å². The second-order valence-corrected chi connectivity index (χ2v) is 6.87. The number of rotatable bonds is 4. The Kier molecular flexibility index (Phi) is 4.35. The van der Waals surface area contributed by atoms with E-state index in [2.05, 4.69) is 22.7 Å². The van der Waals surface area contributed by atoms with E-state index >= 15 is 0 Å². The zero-order valence-electron chi connectivity index (χ0n) is 15.5. The number of carboxylic acids is 1. The molecule has 2 N–H and O–H groups in total. The Morgan fingerprint density at radius 2 is 1.70 bits per heavy atom. The Morgan fingerprint density at radius 1 is 1.07 bits per heavy atom. The van der Waals surface area contributed by atoms with Crippen molar-refractivity contribution in [1.29, 1.82) is 0 Å². The Morgan fingerprint density at radius 3 is 2.30 bits per heavy atom. The highest BCUT2D eigenvalue weighted by Crippen LogP contribution is 2.26. The van der Waals surface area contributed by atoms with Crippen molar-refractivity contribution in [3.05, 3.63) is 54.1 Å². The summed E-state index contributed by atoms with van der Waals surface area (Å²) in [6, 6.07) is 15.5. The van der Waals surface area contributed by atoms with Crippen LogP contribution in [0.1, 0.15) is 12.8 Å². The van der Waals surface area contributed by atoms with Crippen LogP contribution in [0.4, 0.5) is 11.4 Å². The number of carbonyl (C=O) groups is 1. The summed E-state index contributed by atoms with van der Waals surface area (Å²) in [6.07, 6.45) is 1.60. The molecule has 0 amide bonds. The van der Waals surface area contributed by atoms with Crippen molar-refractivity contribution in [3.8, 4) is 0 Å². The molecule has 0 radical (unpaired) electrons. The van der Waals surface area contributed by atoms with E-state index in [1.807, 2.05) is 64.5 Å². The smallest absolute Gasteiger partial charge is 0.326 e. The van der Waals surface area contributed by atoms with Crippen molar-refractivity contribution in [3.63, 3.8) is 0 Å². The molecule has 140 valence electrons. The Balaban J connectivity index is 1.58. The number of anilines is 2. The van der Waals surface area contributed by atoms with Crippen molar-refractivity contribution in [2.45, 2.75) is 18.9 Å². The Labute approximate surface area is 157 Å². The van der Waals surface area contributed by atoms with E-state index in [9.17, 15) is 9.90 Å². The zero-order chi connectivity index (χ0) is 19.0. The minimum atomic E-state index is -0.757. The summed E-state index contributed by atoms with van der Waals surface area (Å²) in [4.78, 5) is 13.3. The normalized spacial score (nSPS) is 16.7. The Bertz CT molecular complexity index is 1010. The molecule has 3 aromatic rings. The summed E-state index contributed by atoms with van der Waals surface area (Å²) >= 11 is 0. The zero-order valence-corrected chi connectivity index (χ0v) is 15.5. The van der Waals surface area contributed by atoms with E-state index in [0.717, 1.165) is 41.0 Å². The molecule has 2 aromatic carbocycles. The lowest BCUT2D eigenvalue weighted by Gasteiger charge is -2.23. The van der Waals surface area contributed by atoms with E-state index in [1.165, 1.54) is 0 Å². The van der Waals surface area contributed by atoms with Crippen LogP contribution in [-0.2, 0) is 18.9 Å². The second kappa shape index (κ2) is 6.83. The number of nitrogens with one attached hydrogen (secondary N) is 1. The average molecular weight is 365 g/mol. The van der Waals surface area contributed by atoms with Crippen LogP contribution in [0.25, 0.3) is 11.0 Å². The summed E-state index contributed by atoms with van der Waals surface area (Å²) in [7, 11) is 3.98. The summed E-state index contributed by atoms with van der Waals surface area (Å²) in [5, 5.41) is 13.9.